The van der Waals surface area contributed by atoms with Gasteiger partial charge in [0.05, 0.1) is 11.3 Å². The monoisotopic (exact) mass is 287 g/mol. The number of para-hydroxylation sites is 1. The summed E-state index contributed by atoms with van der Waals surface area (Å²) in [7, 11) is 0. The summed E-state index contributed by atoms with van der Waals surface area (Å²) in [5, 5.41) is 11.7. The van der Waals surface area contributed by atoms with E-state index in [1.54, 1.807) is 24.3 Å². The van der Waals surface area contributed by atoms with Crippen LogP contribution in [0.4, 0.5) is 11.5 Å². The molecule has 2 aromatic rings. The van der Waals surface area contributed by atoms with E-state index in [0.29, 0.717) is 17.8 Å². The number of carbonyl (C=O) groups is 2. The highest BCUT2D eigenvalue weighted by Crippen LogP contribution is 2.16. The Labute approximate surface area is 121 Å². The van der Waals surface area contributed by atoms with Crippen molar-refractivity contribution < 1.29 is 9.59 Å². The number of nitrogens with zero attached hydrogens (tertiary/aromatic N) is 1. The molecule has 2 rings (SSSR count). The second-order valence-corrected chi connectivity index (χ2v) is 4.46. The van der Waals surface area contributed by atoms with Gasteiger partial charge < -0.3 is 16.4 Å². The summed E-state index contributed by atoms with van der Waals surface area (Å²) in [4.78, 5) is 24.1. The van der Waals surface area contributed by atoms with E-state index in [-0.39, 0.29) is 17.4 Å². The summed E-state index contributed by atoms with van der Waals surface area (Å²) in [5.41, 5.74) is 6.53. The highest BCUT2D eigenvalue weighted by atomic mass is 16.2. The first-order chi connectivity index (χ1) is 10.1. The van der Waals surface area contributed by atoms with Gasteiger partial charge in [0.1, 0.15) is 11.5 Å². The average Bonchev–Trinajstić information content (AvgIpc) is 2.92. The molecule has 5 N–H and O–H groups in total. The minimum absolute atomic E-state index is 0.225. The Morgan fingerprint density at radius 1 is 1.29 bits per heavy atom. The van der Waals surface area contributed by atoms with Gasteiger partial charge in [0.15, 0.2) is 0 Å². The molecule has 0 aliphatic rings. The number of nitrogens with one attached hydrogen (secondary N) is 3. The van der Waals surface area contributed by atoms with E-state index in [0.717, 1.165) is 6.42 Å². The minimum Gasteiger partial charge on any atom is -0.382 e. The van der Waals surface area contributed by atoms with E-state index in [1.165, 1.54) is 6.07 Å². The molecule has 2 amide bonds. The van der Waals surface area contributed by atoms with Gasteiger partial charge in [-0.1, -0.05) is 19.1 Å². The smallest absolute Gasteiger partial charge is 0.273 e. The first-order valence-electron chi connectivity index (χ1n) is 6.61. The van der Waals surface area contributed by atoms with Gasteiger partial charge in [0.2, 0.25) is 0 Å². The topological polar surface area (TPSA) is 113 Å². The van der Waals surface area contributed by atoms with Crippen LogP contribution >= 0.6 is 0 Å². The van der Waals surface area contributed by atoms with Crippen LogP contribution in [-0.2, 0) is 0 Å². The van der Waals surface area contributed by atoms with Gasteiger partial charge in [-0.15, -0.1) is 0 Å². The zero-order valence-corrected chi connectivity index (χ0v) is 11.6. The van der Waals surface area contributed by atoms with Crippen molar-refractivity contribution in [2.75, 3.05) is 17.6 Å². The first kappa shape index (κ1) is 14.6. The van der Waals surface area contributed by atoms with Crippen molar-refractivity contribution in [2.24, 2.45) is 0 Å². The van der Waals surface area contributed by atoms with Gasteiger partial charge >= 0.3 is 0 Å². The third-order valence-corrected chi connectivity index (χ3v) is 2.80. The molecule has 1 aromatic carbocycles. The lowest BCUT2D eigenvalue weighted by Gasteiger charge is -2.10. The Bertz CT molecular complexity index is 650. The number of H-pyrrole nitrogens is 1. The molecular formula is C14H17N5O2. The van der Waals surface area contributed by atoms with E-state index in [9.17, 15) is 9.59 Å². The molecular weight excluding hydrogens is 270 g/mol. The lowest BCUT2D eigenvalue weighted by atomic mass is 10.1. The van der Waals surface area contributed by atoms with Crippen molar-refractivity contribution in [3.63, 3.8) is 0 Å². The van der Waals surface area contributed by atoms with Gasteiger partial charge in [-0.05, 0) is 18.6 Å². The average molecular weight is 287 g/mol. The van der Waals surface area contributed by atoms with Crippen molar-refractivity contribution in [2.45, 2.75) is 13.3 Å². The molecule has 7 heteroatoms. The molecule has 0 fully saturated rings. The standard InChI is InChI=1S/C14H17N5O2/c1-2-7-16-13(20)9-5-3-4-6-10(9)17-14(21)11-8-12(15)19-18-11/h3-6,8H,2,7H2,1H3,(H,16,20)(H,17,21)(H3,15,18,19). The molecule has 0 aliphatic heterocycles. The Morgan fingerprint density at radius 2 is 2.05 bits per heavy atom. The number of anilines is 2. The zero-order valence-electron chi connectivity index (χ0n) is 11.6. The van der Waals surface area contributed by atoms with Gasteiger partial charge in [-0.2, -0.15) is 5.10 Å². The number of carbonyl (C=O) groups excluding carboxylic acids is 2. The van der Waals surface area contributed by atoms with E-state index in [4.69, 9.17) is 5.73 Å². The molecule has 0 unspecified atom stereocenters. The van der Waals surface area contributed by atoms with Gasteiger partial charge in [-0.3, -0.25) is 14.7 Å². The Morgan fingerprint density at radius 3 is 2.71 bits per heavy atom. The van der Waals surface area contributed by atoms with Crippen LogP contribution in [0.15, 0.2) is 30.3 Å². The number of nitrogens with two attached hydrogens (primary N) is 1. The molecule has 110 valence electrons. The number of aromatic nitrogens is 2. The molecule has 0 atom stereocenters. The summed E-state index contributed by atoms with van der Waals surface area (Å²) in [5.74, 6) is -0.402. The van der Waals surface area contributed by atoms with Crippen molar-refractivity contribution in [1.29, 1.82) is 0 Å². The fraction of sp³-hybridized carbons (Fsp3) is 0.214. The summed E-state index contributed by atoms with van der Waals surface area (Å²) >= 11 is 0. The zero-order chi connectivity index (χ0) is 15.2. The second-order valence-electron chi connectivity index (χ2n) is 4.46. The molecule has 0 aliphatic carbocycles. The number of aromatic amines is 1. The van der Waals surface area contributed by atoms with E-state index < -0.39 is 5.91 Å². The lowest BCUT2D eigenvalue weighted by molar-refractivity contribution is 0.0954. The lowest BCUT2D eigenvalue weighted by Crippen LogP contribution is -2.25. The molecule has 1 aromatic heterocycles. The maximum Gasteiger partial charge on any atom is 0.273 e. The highest BCUT2D eigenvalue weighted by Gasteiger charge is 2.14. The predicted octanol–water partition coefficient (Wildman–Crippen LogP) is 1.38. The number of rotatable bonds is 5. The Balaban J connectivity index is 2.16. The quantitative estimate of drug-likeness (QED) is 0.665. The molecule has 21 heavy (non-hydrogen) atoms. The molecule has 0 radical (unpaired) electrons. The fourth-order valence-corrected chi connectivity index (χ4v) is 1.77. The molecule has 1 heterocycles. The van der Waals surface area contributed by atoms with Crippen molar-refractivity contribution in [1.82, 2.24) is 15.5 Å². The summed E-state index contributed by atoms with van der Waals surface area (Å²) in [6.45, 7) is 2.55. The molecule has 7 nitrogen and oxygen atoms in total. The number of hydrogen-bond acceptors (Lipinski definition) is 4. The Hall–Kier alpha value is -2.83. The summed E-state index contributed by atoms with van der Waals surface area (Å²) < 4.78 is 0. The SMILES string of the molecule is CCCNC(=O)c1ccccc1NC(=O)c1cc(N)n[nH]1. The van der Waals surface area contributed by atoms with Crippen LogP contribution in [0.1, 0.15) is 34.2 Å². The molecule has 0 saturated carbocycles. The van der Waals surface area contributed by atoms with Crippen LogP contribution in [0.3, 0.4) is 0 Å². The van der Waals surface area contributed by atoms with Crippen molar-refractivity contribution in [3.8, 4) is 0 Å². The summed E-state index contributed by atoms with van der Waals surface area (Å²) in [6, 6.07) is 8.23. The third-order valence-electron chi connectivity index (χ3n) is 2.80. The molecule has 0 bridgehead atoms. The van der Waals surface area contributed by atoms with Crippen LogP contribution < -0.4 is 16.4 Å². The van der Waals surface area contributed by atoms with Crippen LogP contribution in [0.2, 0.25) is 0 Å². The number of nitrogen functional groups attached to an aromatic ring is 1. The predicted molar refractivity (Wildman–Crippen MR) is 80.0 cm³/mol. The van der Waals surface area contributed by atoms with Crippen LogP contribution in [0.25, 0.3) is 0 Å². The second kappa shape index (κ2) is 6.56. The van der Waals surface area contributed by atoms with E-state index >= 15 is 0 Å². The molecule has 0 saturated heterocycles. The first-order valence-corrected chi connectivity index (χ1v) is 6.61. The van der Waals surface area contributed by atoms with Gasteiger partial charge in [0, 0.05) is 12.6 Å². The number of benzene rings is 1. The van der Waals surface area contributed by atoms with E-state index in [2.05, 4.69) is 20.8 Å². The number of amides is 2. The number of hydrogen-bond donors (Lipinski definition) is 4. The maximum atomic E-state index is 12.0. The van der Waals surface area contributed by atoms with Crippen molar-refractivity contribution in [3.05, 3.63) is 41.6 Å². The fourth-order valence-electron chi connectivity index (χ4n) is 1.77. The van der Waals surface area contributed by atoms with Gasteiger partial charge in [0.25, 0.3) is 11.8 Å². The van der Waals surface area contributed by atoms with Crippen LogP contribution in [-0.4, -0.2) is 28.6 Å². The Kier molecular flexibility index (Phi) is 4.55. The minimum atomic E-state index is -0.407. The summed E-state index contributed by atoms with van der Waals surface area (Å²) in [6.07, 6.45) is 0.841. The highest BCUT2D eigenvalue weighted by molar-refractivity contribution is 6.08. The maximum absolute atomic E-state index is 12.0. The van der Waals surface area contributed by atoms with Gasteiger partial charge in [-0.25, -0.2) is 0 Å². The van der Waals surface area contributed by atoms with Crippen LogP contribution in [0, 0.1) is 0 Å². The van der Waals surface area contributed by atoms with E-state index in [1.807, 2.05) is 6.92 Å². The normalized spacial score (nSPS) is 10.1. The molecule has 0 spiro atoms. The third kappa shape index (κ3) is 3.59. The van der Waals surface area contributed by atoms with Crippen molar-refractivity contribution >= 4 is 23.3 Å². The largest absolute Gasteiger partial charge is 0.382 e. The van der Waals surface area contributed by atoms with Crippen LogP contribution in [0.5, 0.6) is 0 Å².